The van der Waals surface area contributed by atoms with Crippen molar-refractivity contribution in [3.8, 4) is 0 Å². The summed E-state index contributed by atoms with van der Waals surface area (Å²) >= 11 is 3.09. The standard InChI is InChI=1S/C10H13BrFNOS/c1-15(14)5-4-13-7-8-2-3-9(11)10(12)6-8/h2-3,6,13H,4-5,7H2,1H3. The zero-order valence-corrected chi connectivity index (χ0v) is 10.8. The van der Waals surface area contributed by atoms with Crippen molar-refractivity contribution in [1.29, 1.82) is 0 Å². The van der Waals surface area contributed by atoms with Crippen LogP contribution in [0.15, 0.2) is 22.7 Å². The van der Waals surface area contributed by atoms with Crippen LogP contribution >= 0.6 is 15.9 Å². The Morgan fingerprint density at radius 2 is 2.27 bits per heavy atom. The van der Waals surface area contributed by atoms with Crippen molar-refractivity contribution >= 4 is 26.7 Å². The summed E-state index contributed by atoms with van der Waals surface area (Å²) in [6.45, 7) is 1.28. The van der Waals surface area contributed by atoms with Crippen molar-refractivity contribution in [3.63, 3.8) is 0 Å². The van der Waals surface area contributed by atoms with Crippen molar-refractivity contribution in [2.24, 2.45) is 0 Å². The topological polar surface area (TPSA) is 29.1 Å². The molecule has 15 heavy (non-hydrogen) atoms. The van der Waals surface area contributed by atoms with E-state index in [0.717, 1.165) is 5.56 Å². The number of halogens is 2. The van der Waals surface area contributed by atoms with Crippen molar-refractivity contribution in [2.45, 2.75) is 6.54 Å². The molecule has 0 bridgehead atoms. The molecule has 0 amide bonds. The zero-order chi connectivity index (χ0) is 11.3. The van der Waals surface area contributed by atoms with Gasteiger partial charge in [-0.3, -0.25) is 4.21 Å². The Bertz CT molecular complexity index is 359. The highest BCUT2D eigenvalue weighted by Crippen LogP contribution is 2.16. The van der Waals surface area contributed by atoms with Gasteiger partial charge in [-0.15, -0.1) is 0 Å². The third-order valence-corrected chi connectivity index (χ3v) is 3.30. The zero-order valence-electron chi connectivity index (χ0n) is 8.43. The number of hydrogen-bond acceptors (Lipinski definition) is 2. The summed E-state index contributed by atoms with van der Waals surface area (Å²) in [6.07, 6.45) is 1.67. The third-order valence-electron chi connectivity index (χ3n) is 1.88. The van der Waals surface area contributed by atoms with Gasteiger partial charge in [-0.1, -0.05) is 6.07 Å². The predicted octanol–water partition coefficient (Wildman–Crippen LogP) is 2.06. The highest BCUT2D eigenvalue weighted by atomic mass is 79.9. The van der Waals surface area contributed by atoms with Gasteiger partial charge in [0.25, 0.3) is 0 Å². The lowest BCUT2D eigenvalue weighted by Crippen LogP contribution is -2.19. The van der Waals surface area contributed by atoms with E-state index in [1.54, 1.807) is 12.3 Å². The molecule has 1 unspecified atom stereocenters. The molecule has 0 heterocycles. The molecule has 2 nitrogen and oxygen atoms in total. The molecule has 5 heteroatoms. The average molecular weight is 294 g/mol. The second-order valence-corrected chi connectivity index (χ2v) is 5.61. The molecule has 1 aromatic rings. The fraction of sp³-hybridized carbons (Fsp3) is 0.400. The minimum absolute atomic E-state index is 0.256. The van der Waals surface area contributed by atoms with E-state index < -0.39 is 10.8 Å². The minimum atomic E-state index is -0.776. The normalized spacial score (nSPS) is 12.7. The van der Waals surface area contributed by atoms with Crippen LogP contribution in [0.1, 0.15) is 5.56 Å². The molecule has 84 valence electrons. The Hall–Kier alpha value is -0.260. The molecule has 0 aliphatic rings. The van der Waals surface area contributed by atoms with Gasteiger partial charge < -0.3 is 5.32 Å². The van der Waals surface area contributed by atoms with Gasteiger partial charge in [0, 0.05) is 35.9 Å². The van der Waals surface area contributed by atoms with Crippen LogP contribution in [-0.2, 0) is 17.3 Å². The number of hydrogen-bond donors (Lipinski definition) is 1. The molecule has 0 fully saturated rings. The van der Waals surface area contributed by atoms with Gasteiger partial charge in [0.1, 0.15) is 5.82 Å². The fourth-order valence-electron chi connectivity index (χ4n) is 1.10. The Morgan fingerprint density at radius 1 is 1.53 bits per heavy atom. The smallest absolute Gasteiger partial charge is 0.137 e. The molecule has 1 N–H and O–H groups in total. The van der Waals surface area contributed by atoms with Gasteiger partial charge in [-0.2, -0.15) is 0 Å². The summed E-state index contributed by atoms with van der Waals surface area (Å²) in [7, 11) is -0.776. The average Bonchev–Trinajstić information content (AvgIpc) is 2.18. The minimum Gasteiger partial charge on any atom is -0.312 e. The summed E-state index contributed by atoms with van der Waals surface area (Å²) in [5, 5.41) is 3.10. The summed E-state index contributed by atoms with van der Waals surface area (Å²) in [5.74, 6) is 0.368. The molecule has 0 spiro atoms. The summed E-state index contributed by atoms with van der Waals surface area (Å²) in [5.41, 5.74) is 0.887. The lowest BCUT2D eigenvalue weighted by molar-refractivity contribution is 0.615. The number of benzene rings is 1. The first-order valence-electron chi connectivity index (χ1n) is 4.54. The van der Waals surface area contributed by atoms with Crippen LogP contribution in [0.4, 0.5) is 4.39 Å². The third kappa shape index (κ3) is 4.86. The molecule has 0 aromatic heterocycles. The van der Waals surface area contributed by atoms with Crippen LogP contribution in [-0.4, -0.2) is 22.8 Å². The van der Waals surface area contributed by atoms with Crippen LogP contribution < -0.4 is 5.32 Å². The Balaban J connectivity index is 2.38. The van der Waals surface area contributed by atoms with E-state index in [1.807, 2.05) is 6.07 Å². The van der Waals surface area contributed by atoms with Gasteiger partial charge in [0.2, 0.25) is 0 Å². The maximum absolute atomic E-state index is 13.1. The summed E-state index contributed by atoms with van der Waals surface area (Å²) in [6, 6.07) is 5.02. The van der Waals surface area contributed by atoms with E-state index in [4.69, 9.17) is 0 Å². The van der Waals surface area contributed by atoms with Crippen molar-refractivity contribution in [3.05, 3.63) is 34.1 Å². The first-order chi connectivity index (χ1) is 7.09. The fourth-order valence-corrected chi connectivity index (χ4v) is 1.78. The van der Waals surface area contributed by atoms with Gasteiger partial charge in [0.05, 0.1) is 4.47 Å². The van der Waals surface area contributed by atoms with Gasteiger partial charge in [-0.25, -0.2) is 4.39 Å². The summed E-state index contributed by atoms with van der Waals surface area (Å²) < 4.78 is 24.3. The quantitative estimate of drug-likeness (QED) is 0.842. The first kappa shape index (κ1) is 12.8. The van der Waals surface area contributed by atoms with Crippen molar-refractivity contribution < 1.29 is 8.60 Å². The maximum Gasteiger partial charge on any atom is 0.137 e. The Morgan fingerprint density at radius 3 is 2.87 bits per heavy atom. The second kappa shape index (κ2) is 6.35. The van der Waals surface area contributed by atoms with Crippen molar-refractivity contribution in [1.82, 2.24) is 5.32 Å². The van der Waals surface area contributed by atoms with E-state index in [-0.39, 0.29) is 5.82 Å². The first-order valence-corrected chi connectivity index (χ1v) is 7.06. The van der Waals surface area contributed by atoms with Gasteiger partial charge in [-0.05, 0) is 33.6 Å². The van der Waals surface area contributed by atoms with Gasteiger partial charge in [0.15, 0.2) is 0 Å². The van der Waals surface area contributed by atoms with Gasteiger partial charge >= 0.3 is 0 Å². The lowest BCUT2D eigenvalue weighted by Gasteiger charge is -2.04. The van der Waals surface area contributed by atoms with Crippen LogP contribution in [0.3, 0.4) is 0 Å². The van der Waals surface area contributed by atoms with Crippen LogP contribution in [0.5, 0.6) is 0 Å². The Kier molecular flexibility index (Phi) is 5.42. The van der Waals surface area contributed by atoms with E-state index in [2.05, 4.69) is 21.2 Å². The largest absolute Gasteiger partial charge is 0.312 e. The van der Waals surface area contributed by atoms with E-state index in [9.17, 15) is 8.60 Å². The molecular formula is C10H13BrFNOS. The molecule has 0 aliphatic carbocycles. The maximum atomic E-state index is 13.1. The van der Waals surface area contributed by atoms with Crippen LogP contribution in [0.2, 0.25) is 0 Å². The molecule has 0 saturated heterocycles. The van der Waals surface area contributed by atoms with E-state index in [0.29, 0.717) is 23.3 Å². The van der Waals surface area contributed by atoms with Crippen LogP contribution in [0.25, 0.3) is 0 Å². The summed E-state index contributed by atoms with van der Waals surface area (Å²) in [4.78, 5) is 0. The second-order valence-electron chi connectivity index (χ2n) is 3.20. The molecule has 0 saturated carbocycles. The molecule has 0 aliphatic heterocycles. The number of nitrogens with one attached hydrogen (secondary N) is 1. The van der Waals surface area contributed by atoms with Crippen LogP contribution in [0, 0.1) is 5.82 Å². The predicted molar refractivity (Wildman–Crippen MR) is 64.7 cm³/mol. The monoisotopic (exact) mass is 293 g/mol. The SMILES string of the molecule is CS(=O)CCNCc1ccc(Br)c(F)c1. The highest BCUT2D eigenvalue weighted by molar-refractivity contribution is 9.10. The van der Waals surface area contributed by atoms with Crippen molar-refractivity contribution in [2.75, 3.05) is 18.6 Å². The highest BCUT2D eigenvalue weighted by Gasteiger charge is 2.00. The molecular weight excluding hydrogens is 281 g/mol. The molecule has 1 aromatic carbocycles. The molecule has 1 atom stereocenters. The number of rotatable bonds is 5. The molecule has 0 radical (unpaired) electrons. The Labute approximate surface area is 99.8 Å². The lowest BCUT2D eigenvalue weighted by atomic mass is 10.2. The molecule has 1 rings (SSSR count). The van der Waals surface area contributed by atoms with E-state index in [1.165, 1.54) is 6.07 Å². The van der Waals surface area contributed by atoms with E-state index >= 15 is 0 Å².